The largest absolute Gasteiger partial charge is 0.306 e. The van der Waals surface area contributed by atoms with E-state index in [0.29, 0.717) is 6.54 Å². The molecule has 70 valence electrons. The first kappa shape index (κ1) is 11.5. The second kappa shape index (κ2) is 6.08. The smallest absolute Gasteiger partial charge is 0.0573 e. The molecule has 12 heavy (non-hydrogen) atoms. The Balaban J connectivity index is 3.74. The van der Waals surface area contributed by atoms with E-state index in [1.165, 1.54) is 0 Å². The lowest BCUT2D eigenvalue weighted by Crippen LogP contribution is -2.29. The van der Waals surface area contributed by atoms with Crippen LogP contribution in [0.25, 0.3) is 0 Å². The molecule has 0 saturated heterocycles. The van der Waals surface area contributed by atoms with E-state index in [2.05, 4.69) is 38.9 Å². The van der Waals surface area contributed by atoms with E-state index in [4.69, 9.17) is 6.42 Å². The Morgan fingerprint density at radius 2 is 1.67 bits per heavy atom. The molecule has 1 N–H and O–H groups in total. The van der Waals surface area contributed by atoms with Crippen LogP contribution in [0, 0.1) is 30.1 Å². The van der Waals surface area contributed by atoms with Crippen molar-refractivity contribution in [2.24, 2.45) is 17.8 Å². The second-order valence-corrected chi connectivity index (χ2v) is 3.99. The molecular formula is C11H21N. The highest BCUT2D eigenvalue weighted by atomic mass is 14.8. The molecule has 0 saturated carbocycles. The zero-order valence-corrected chi connectivity index (χ0v) is 8.72. The van der Waals surface area contributed by atoms with Crippen molar-refractivity contribution in [2.75, 3.05) is 13.1 Å². The SMILES string of the molecule is C#CCNCC(C(C)C)C(C)C. The quantitative estimate of drug-likeness (QED) is 0.488. The molecule has 0 aromatic rings. The molecule has 0 aliphatic heterocycles. The van der Waals surface area contributed by atoms with Crippen LogP contribution in [0.3, 0.4) is 0 Å². The maximum absolute atomic E-state index is 5.15. The van der Waals surface area contributed by atoms with E-state index < -0.39 is 0 Å². The maximum Gasteiger partial charge on any atom is 0.0573 e. The van der Waals surface area contributed by atoms with Gasteiger partial charge in [0, 0.05) is 0 Å². The van der Waals surface area contributed by atoms with Crippen molar-refractivity contribution in [1.82, 2.24) is 5.32 Å². The van der Waals surface area contributed by atoms with Crippen molar-refractivity contribution in [1.29, 1.82) is 0 Å². The topological polar surface area (TPSA) is 12.0 Å². The highest BCUT2D eigenvalue weighted by molar-refractivity contribution is 4.87. The molecule has 1 heteroatoms. The molecule has 0 amide bonds. The maximum atomic E-state index is 5.15. The summed E-state index contributed by atoms with van der Waals surface area (Å²) >= 11 is 0. The van der Waals surface area contributed by atoms with Gasteiger partial charge in [0.25, 0.3) is 0 Å². The summed E-state index contributed by atoms with van der Waals surface area (Å²) in [4.78, 5) is 0. The molecule has 0 aromatic carbocycles. The Kier molecular flexibility index (Phi) is 5.84. The summed E-state index contributed by atoms with van der Waals surface area (Å²) in [6, 6.07) is 0. The predicted molar refractivity (Wildman–Crippen MR) is 54.9 cm³/mol. The summed E-state index contributed by atoms with van der Waals surface area (Å²) in [6.07, 6.45) is 5.15. The molecule has 0 radical (unpaired) electrons. The van der Waals surface area contributed by atoms with Crippen molar-refractivity contribution in [2.45, 2.75) is 27.7 Å². The van der Waals surface area contributed by atoms with Gasteiger partial charge >= 0.3 is 0 Å². The van der Waals surface area contributed by atoms with E-state index in [1.807, 2.05) is 0 Å². The van der Waals surface area contributed by atoms with Crippen LogP contribution >= 0.6 is 0 Å². The first-order valence-electron chi connectivity index (χ1n) is 4.73. The van der Waals surface area contributed by atoms with Gasteiger partial charge in [-0.2, -0.15) is 0 Å². The summed E-state index contributed by atoms with van der Waals surface area (Å²) in [5.41, 5.74) is 0. The molecule has 0 fully saturated rings. The van der Waals surface area contributed by atoms with Crippen LogP contribution in [-0.2, 0) is 0 Å². The molecule has 0 unspecified atom stereocenters. The van der Waals surface area contributed by atoms with Gasteiger partial charge in [0.2, 0.25) is 0 Å². The van der Waals surface area contributed by atoms with Gasteiger partial charge < -0.3 is 5.32 Å². The molecule has 0 atom stereocenters. The summed E-state index contributed by atoms with van der Waals surface area (Å²) < 4.78 is 0. The van der Waals surface area contributed by atoms with Gasteiger partial charge in [-0.3, -0.25) is 0 Å². The van der Waals surface area contributed by atoms with Gasteiger partial charge in [-0.05, 0) is 24.3 Å². The molecule has 0 bridgehead atoms. The van der Waals surface area contributed by atoms with Gasteiger partial charge in [0.1, 0.15) is 0 Å². The van der Waals surface area contributed by atoms with Gasteiger partial charge in [0.15, 0.2) is 0 Å². The average Bonchev–Trinajstić information content (AvgIpc) is 1.96. The van der Waals surface area contributed by atoms with Crippen molar-refractivity contribution >= 4 is 0 Å². The third-order valence-electron chi connectivity index (χ3n) is 2.32. The molecule has 0 aliphatic carbocycles. The fourth-order valence-corrected chi connectivity index (χ4v) is 1.55. The third kappa shape index (κ3) is 4.41. The summed E-state index contributed by atoms with van der Waals surface area (Å²) in [5, 5.41) is 3.26. The highest BCUT2D eigenvalue weighted by Gasteiger charge is 2.16. The van der Waals surface area contributed by atoms with E-state index in [1.54, 1.807) is 0 Å². The predicted octanol–water partition coefficient (Wildman–Crippen LogP) is 2.14. The minimum Gasteiger partial charge on any atom is -0.306 e. The molecule has 1 nitrogen and oxygen atoms in total. The van der Waals surface area contributed by atoms with Crippen LogP contribution in [-0.4, -0.2) is 13.1 Å². The van der Waals surface area contributed by atoms with Crippen molar-refractivity contribution in [3.8, 4) is 12.3 Å². The standard InChI is InChI=1S/C11H21N/c1-6-7-12-8-11(9(2)3)10(4)5/h1,9-12H,7-8H2,2-5H3. The van der Waals surface area contributed by atoms with Crippen LogP contribution in [0.5, 0.6) is 0 Å². The van der Waals surface area contributed by atoms with Gasteiger partial charge in [-0.15, -0.1) is 6.42 Å². The molecule has 0 aliphatic rings. The third-order valence-corrected chi connectivity index (χ3v) is 2.32. The van der Waals surface area contributed by atoms with Crippen LogP contribution < -0.4 is 5.32 Å². The normalized spacial score (nSPS) is 11.2. The number of nitrogens with one attached hydrogen (secondary N) is 1. The molecular weight excluding hydrogens is 146 g/mol. The minimum atomic E-state index is 0.690. The lowest BCUT2D eigenvalue weighted by Gasteiger charge is -2.24. The zero-order chi connectivity index (χ0) is 9.56. The highest BCUT2D eigenvalue weighted by Crippen LogP contribution is 2.18. The van der Waals surface area contributed by atoms with Crippen LogP contribution in [0.4, 0.5) is 0 Å². The first-order valence-corrected chi connectivity index (χ1v) is 4.73. The van der Waals surface area contributed by atoms with Crippen LogP contribution in [0.2, 0.25) is 0 Å². The Morgan fingerprint density at radius 3 is 2.00 bits per heavy atom. The molecule has 0 rings (SSSR count). The monoisotopic (exact) mass is 167 g/mol. The van der Waals surface area contributed by atoms with E-state index >= 15 is 0 Å². The first-order chi connectivity index (χ1) is 5.59. The molecule has 0 spiro atoms. The number of hydrogen-bond donors (Lipinski definition) is 1. The van der Waals surface area contributed by atoms with Crippen LogP contribution in [0.15, 0.2) is 0 Å². The van der Waals surface area contributed by atoms with Crippen molar-refractivity contribution in [3.63, 3.8) is 0 Å². The van der Waals surface area contributed by atoms with Crippen molar-refractivity contribution < 1.29 is 0 Å². The summed E-state index contributed by atoms with van der Waals surface area (Å²) in [7, 11) is 0. The molecule has 0 aromatic heterocycles. The lowest BCUT2D eigenvalue weighted by atomic mass is 9.85. The van der Waals surface area contributed by atoms with Gasteiger partial charge in [-0.25, -0.2) is 0 Å². The fraction of sp³-hybridized carbons (Fsp3) is 0.818. The van der Waals surface area contributed by atoms with E-state index in [9.17, 15) is 0 Å². The van der Waals surface area contributed by atoms with Crippen molar-refractivity contribution in [3.05, 3.63) is 0 Å². The number of rotatable bonds is 5. The Labute approximate surface area is 76.9 Å². The lowest BCUT2D eigenvalue weighted by molar-refractivity contribution is 0.280. The van der Waals surface area contributed by atoms with Crippen LogP contribution in [0.1, 0.15) is 27.7 Å². The van der Waals surface area contributed by atoms with E-state index in [-0.39, 0.29) is 0 Å². The Morgan fingerprint density at radius 1 is 1.17 bits per heavy atom. The minimum absolute atomic E-state index is 0.690. The van der Waals surface area contributed by atoms with E-state index in [0.717, 1.165) is 24.3 Å². The van der Waals surface area contributed by atoms with Gasteiger partial charge in [-0.1, -0.05) is 33.6 Å². The summed E-state index contributed by atoms with van der Waals surface area (Å²) in [5.74, 6) is 4.79. The number of terminal acetylenes is 1. The Bertz CT molecular complexity index is 134. The van der Waals surface area contributed by atoms with Gasteiger partial charge in [0.05, 0.1) is 6.54 Å². The number of hydrogen-bond acceptors (Lipinski definition) is 1. The average molecular weight is 167 g/mol. The fourth-order valence-electron chi connectivity index (χ4n) is 1.55. The molecule has 0 heterocycles. The summed E-state index contributed by atoms with van der Waals surface area (Å²) in [6.45, 7) is 10.8. The Hall–Kier alpha value is -0.480. The zero-order valence-electron chi connectivity index (χ0n) is 8.72. The second-order valence-electron chi connectivity index (χ2n) is 3.99.